The number of aliphatic hydroxyl groups is 1. The third-order valence-electron chi connectivity index (χ3n) is 4.49. The second-order valence-electron chi connectivity index (χ2n) is 6.56. The van der Waals surface area contributed by atoms with E-state index in [-0.39, 0.29) is 17.3 Å². The Kier molecular flexibility index (Phi) is 5.42. The summed E-state index contributed by atoms with van der Waals surface area (Å²) in [6.07, 6.45) is 0. The molecule has 7 nitrogen and oxygen atoms in total. The molecular formula is C22H18N4O3S. The highest BCUT2D eigenvalue weighted by Gasteiger charge is 2.19. The first kappa shape index (κ1) is 19.6. The third-order valence-corrected chi connectivity index (χ3v) is 5.37. The third kappa shape index (κ3) is 4.14. The van der Waals surface area contributed by atoms with E-state index in [0.717, 1.165) is 27.8 Å². The summed E-state index contributed by atoms with van der Waals surface area (Å²) < 4.78 is 0. The van der Waals surface area contributed by atoms with Crippen LogP contribution in [0.4, 0.5) is 15.8 Å². The molecule has 1 heterocycles. The molecule has 0 bridgehead atoms. The maximum absolute atomic E-state index is 12.5. The maximum Gasteiger partial charge on any atom is 0.270 e. The minimum Gasteiger partial charge on any atom is -0.392 e. The molecule has 0 aliphatic rings. The van der Waals surface area contributed by atoms with Crippen molar-refractivity contribution in [2.75, 3.05) is 10.6 Å². The first-order valence-electron chi connectivity index (χ1n) is 9.11. The van der Waals surface area contributed by atoms with Gasteiger partial charge in [-0.05, 0) is 40.6 Å². The number of primary amides is 1. The molecule has 0 unspecified atom stereocenters. The topological polar surface area (TPSA) is 117 Å². The molecule has 0 saturated heterocycles. The van der Waals surface area contributed by atoms with E-state index in [1.165, 1.54) is 0 Å². The van der Waals surface area contributed by atoms with Crippen molar-refractivity contribution in [1.29, 1.82) is 0 Å². The van der Waals surface area contributed by atoms with Crippen LogP contribution in [0.5, 0.6) is 0 Å². The van der Waals surface area contributed by atoms with E-state index < -0.39 is 11.8 Å². The number of hydrogen-bond donors (Lipinski definition) is 4. The fraction of sp³-hybridized carbons (Fsp3) is 0.0455. The summed E-state index contributed by atoms with van der Waals surface area (Å²) in [4.78, 5) is 28.6. The second-order valence-corrected chi connectivity index (χ2v) is 7.56. The van der Waals surface area contributed by atoms with Crippen molar-refractivity contribution in [3.05, 3.63) is 83.6 Å². The Bertz CT molecular complexity index is 1230. The molecule has 0 atom stereocenters. The summed E-state index contributed by atoms with van der Waals surface area (Å²) in [5.74, 6) is -1.13. The molecule has 0 saturated carbocycles. The van der Waals surface area contributed by atoms with Crippen LogP contribution in [-0.4, -0.2) is 21.9 Å². The van der Waals surface area contributed by atoms with Crippen LogP contribution in [0, 0.1) is 0 Å². The highest BCUT2D eigenvalue weighted by molar-refractivity contribution is 7.20. The lowest BCUT2D eigenvalue weighted by Crippen LogP contribution is -2.17. The molecule has 0 fully saturated rings. The average Bonchev–Trinajstić information content (AvgIpc) is 3.16. The number of nitrogens with two attached hydrogens (primary N) is 1. The molecule has 1 aromatic heterocycles. The highest BCUT2D eigenvalue weighted by atomic mass is 32.1. The Morgan fingerprint density at radius 3 is 2.43 bits per heavy atom. The Balaban J connectivity index is 1.57. The van der Waals surface area contributed by atoms with E-state index in [4.69, 9.17) is 10.8 Å². The fourth-order valence-electron chi connectivity index (χ4n) is 2.95. The molecule has 4 rings (SSSR count). The maximum atomic E-state index is 12.5. The van der Waals surface area contributed by atoms with Crippen LogP contribution in [0.2, 0.25) is 0 Å². The summed E-state index contributed by atoms with van der Waals surface area (Å²) in [5.41, 5.74) is 7.32. The van der Waals surface area contributed by atoms with Crippen molar-refractivity contribution in [3.63, 3.8) is 0 Å². The van der Waals surface area contributed by atoms with Crippen LogP contribution >= 0.6 is 11.3 Å². The van der Waals surface area contributed by atoms with Gasteiger partial charge in [0.05, 0.1) is 6.61 Å². The molecule has 5 N–H and O–H groups in total. The van der Waals surface area contributed by atoms with Gasteiger partial charge in [0, 0.05) is 11.3 Å². The largest absolute Gasteiger partial charge is 0.392 e. The number of amides is 2. The number of aliphatic hydroxyl groups excluding tert-OH is 1. The van der Waals surface area contributed by atoms with Crippen LogP contribution in [0.1, 0.15) is 26.4 Å². The summed E-state index contributed by atoms with van der Waals surface area (Å²) in [5, 5.41) is 17.8. The molecule has 8 heteroatoms. The van der Waals surface area contributed by atoms with Crippen LogP contribution in [-0.2, 0) is 6.61 Å². The quantitative estimate of drug-likeness (QED) is 0.379. The Morgan fingerprint density at radius 1 is 1.00 bits per heavy atom. The van der Waals surface area contributed by atoms with Crippen molar-refractivity contribution < 1.29 is 14.7 Å². The minimum atomic E-state index is -0.733. The van der Waals surface area contributed by atoms with Gasteiger partial charge in [0.2, 0.25) is 0 Å². The van der Waals surface area contributed by atoms with Gasteiger partial charge >= 0.3 is 0 Å². The monoisotopic (exact) mass is 418 g/mol. The summed E-state index contributed by atoms with van der Waals surface area (Å²) in [6.45, 7) is -0.105. The standard InChI is InChI=1S/C22H18N4O3S/c23-19(28)18-21(26-20(29)15-7-5-13(12-27)6-8-15)30-22(25-18)24-17-10-9-14-3-1-2-4-16(14)11-17/h1-11,27H,12H2,(H2,23,28)(H,24,25)(H,26,29). The van der Waals surface area contributed by atoms with E-state index in [2.05, 4.69) is 15.6 Å². The number of carbonyl (C=O) groups is 2. The van der Waals surface area contributed by atoms with E-state index in [1.807, 2.05) is 42.5 Å². The van der Waals surface area contributed by atoms with Crippen LogP contribution < -0.4 is 16.4 Å². The van der Waals surface area contributed by atoms with Gasteiger partial charge in [0.15, 0.2) is 10.8 Å². The molecule has 0 aliphatic carbocycles. The first-order chi connectivity index (χ1) is 14.5. The number of nitrogens with one attached hydrogen (secondary N) is 2. The summed E-state index contributed by atoms with van der Waals surface area (Å²) in [7, 11) is 0. The SMILES string of the molecule is NC(=O)c1nc(Nc2ccc3ccccc3c2)sc1NC(=O)c1ccc(CO)cc1. The number of benzene rings is 3. The fourth-order valence-corrected chi connectivity index (χ4v) is 3.84. The van der Waals surface area contributed by atoms with Gasteiger partial charge in [-0.1, -0.05) is 53.8 Å². The number of hydrogen-bond acceptors (Lipinski definition) is 6. The zero-order valence-electron chi connectivity index (χ0n) is 15.8. The van der Waals surface area contributed by atoms with Crippen molar-refractivity contribution in [2.24, 2.45) is 5.73 Å². The zero-order valence-corrected chi connectivity index (χ0v) is 16.6. The van der Waals surface area contributed by atoms with E-state index >= 15 is 0 Å². The van der Waals surface area contributed by atoms with E-state index in [0.29, 0.717) is 16.3 Å². The number of aromatic nitrogens is 1. The predicted molar refractivity (Wildman–Crippen MR) is 118 cm³/mol. The molecule has 2 amide bonds. The highest BCUT2D eigenvalue weighted by Crippen LogP contribution is 2.31. The molecule has 150 valence electrons. The van der Waals surface area contributed by atoms with Crippen LogP contribution in [0.15, 0.2) is 66.7 Å². The lowest BCUT2D eigenvalue weighted by atomic mass is 10.1. The Labute approximate surface area is 176 Å². The van der Waals surface area contributed by atoms with Gasteiger partial charge in [0.1, 0.15) is 5.00 Å². The van der Waals surface area contributed by atoms with E-state index in [9.17, 15) is 9.59 Å². The summed E-state index contributed by atoms with van der Waals surface area (Å²) >= 11 is 1.12. The number of carbonyl (C=O) groups excluding carboxylic acids is 2. The molecular weight excluding hydrogens is 400 g/mol. The Morgan fingerprint density at radius 2 is 1.73 bits per heavy atom. The van der Waals surface area contributed by atoms with Gasteiger partial charge < -0.3 is 21.5 Å². The zero-order chi connectivity index (χ0) is 21.1. The van der Waals surface area contributed by atoms with Crippen molar-refractivity contribution >= 4 is 49.7 Å². The van der Waals surface area contributed by atoms with Gasteiger partial charge in [-0.2, -0.15) is 0 Å². The molecule has 3 aromatic carbocycles. The van der Waals surface area contributed by atoms with Gasteiger partial charge in [-0.25, -0.2) is 4.98 Å². The minimum absolute atomic E-state index is 0.0105. The molecule has 4 aromatic rings. The number of anilines is 3. The number of fused-ring (bicyclic) bond motifs is 1. The molecule has 0 spiro atoms. The average molecular weight is 418 g/mol. The van der Waals surface area contributed by atoms with Crippen molar-refractivity contribution in [3.8, 4) is 0 Å². The van der Waals surface area contributed by atoms with Gasteiger partial charge in [-0.3, -0.25) is 9.59 Å². The number of thiazole rings is 1. The summed E-state index contributed by atoms with van der Waals surface area (Å²) in [6, 6.07) is 20.3. The number of rotatable bonds is 6. The second kappa shape index (κ2) is 8.32. The smallest absolute Gasteiger partial charge is 0.270 e. The Hall–Kier alpha value is -3.75. The molecule has 0 aliphatic heterocycles. The number of nitrogens with zero attached hydrogens (tertiary/aromatic N) is 1. The van der Waals surface area contributed by atoms with Gasteiger partial charge in [-0.15, -0.1) is 0 Å². The van der Waals surface area contributed by atoms with Gasteiger partial charge in [0.25, 0.3) is 11.8 Å². The predicted octanol–water partition coefficient (Wildman–Crippen LogP) is 3.88. The lowest BCUT2D eigenvalue weighted by molar-refractivity contribution is 0.0997. The first-order valence-corrected chi connectivity index (χ1v) is 9.93. The normalized spacial score (nSPS) is 10.7. The van der Waals surface area contributed by atoms with Crippen LogP contribution in [0.25, 0.3) is 10.8 Å². The van der Waals surface area contributed by atoms with E-state index in [1.54, 1.807) is 24.3 Å². The van der Waals surface area contributed by atoms with Crippen molar-refractivity contribution in [2.45, 2.75) is 6.61 Å². The van der Waals surface area contributed by atoms with Crippen molar-refractivity contribution in [1.82, 2.24) is 4.98 Å². The van der Waals surface area contributed by atoms with Crippen LogP contribution in [0.3, 0.4) is 0 Å². The molecule has 30 heavy (non-hydrogen) atoms. The molecule has 0 radical (unpaired) electrons. The lowest BCUT2D eigenvalue weighted by Gasteiger charge is -2.05.